The Morgan fingerprint density at radius 3 is 2.90 bits per heavy atom. The number of ether oxygens (including phenoxy) is 1. The number of carbonyl (C=O) groups excluding carboxylic acids is 1. The molecule has 0 radical (unpaired) electrons. The van der Waals surface area contributed by atoms with Crippen LogP contribution in [-0.2, 0) is 4.74 Å². The Morgan fingerprint density at radius 1 is 1.35 bits per heavy atom. The van der Waals surface area contributed by atoms with Gasteiger partial charge in [0.15, 0.2) is 11.6 Å². The lowest BCUT2D eigenvalue weighted by atomic mass is 9.91. The lowest BCUT2D eigenvalue weighted by Crippen LogP contribution is -2.45. The molecule has 3 atom stereocenters. The molecular weight excluding hydrogens is 264 g/mol. The first-order valence-electron chi connectivity index (χ1n) is 6.94. The summed E-state index contributed by atoms with van der Waals surface area (Å²) < 4.78 is 31.9. The number of likely N-dealkylation sites (tertiary alicyclic amines) is 1. The fraction of sp³-hybridized carbons (Fsp3) is 0.533. The number of fused-ring (bicyclic) bond motifs is 1. The molecule has 3 rings (SSSR count). The summed E-state index contributed by atoms with van der Waals surface area (Å²) in [7, 11) is 0. The number of amides is 1. The molecular formula is C15H17F2NO2. The largest absolute Gasteiger partial charge is 0.373 e. The summed E-state index contributed by atoms with van der Waals surface area (Å²) in [5.41, 5.74) is 0.188. The SMILES string of the molecule is C[C@@H]1C[C@H]2CCN(C(=O)c3ccc(F)c(F)c3)C[C@@H]2O1. The standard InChI is InChI=1S/C15H17F2NO2/c1-9-6-10-4-5-18(8-14(10)20-9)15(19)11-2-3-12(16)13(17)7-11/h2-3,7,9-10,14H,4-6,8H2,1H3/t9-,10-,14+/m1/s1. The Balaban J connectivity index is 1.73. The minimum absolute atomic E-state index is 0.0768. The zero-order valence-corrected chi connectivity index (χ0v) is 11.3. The molecule has 2 aliphatic rings. The second-order valence-electron chi connectivity index (χ2n) is 5.65. The number of halogens is 2. The summed E-state index contributed by atoms with van der Waals surface area (Å²) in [5.74, 6) is -1.67. The predicted molar refractivity (Wildman–Crippen MR) is 69.3 cm³/mol. The molecule has 1 aromatic rings. The highest BCUT2D eigenvalue weighted by Crippen LogP contribution is 2.33. The normalized spacial score (nSPS) is 29.4. The van der Waals surface area contributed by atoms with E-state index in [0.717, 1.165) is 25.0 Å². The maximum Gasteiger partial charge on any atom is 0.254 e. The molecule has 3 nitrogen and oxygen atoms in total. The molecule has 1 aromatic carbocycles. The second-order valence-corrected chi connectivity index (χ2v) is 5.65. The molecule has 0 saturated carbocycles. The first-order chi connectivity index (χ1) is 9.54. The van der Waals surface area contributed by atoms with Crippen molar-refractivity contribution in [3.63, 3.8) is 0 Å². The Labute approximate surface area is 116 Å². The predicted octanol–water partition coefficient (Wildman–Crippen LogP) is 2.60. The lowest BCUT2D eigenvalue weighted by Gasteiger charge is -2.34. The summed E-state index contributed by atoms with van der Waals surface area (Å²) >= 11 is 0. The van der Waals surface area contributed by atoms with E-state index in [1.165, 1.54) is 6.07 Å². The molecule has 5 heteroatoms. The van der Waals surface area contributed by atoms with Crippen LogP contribution in [0.15, 0.2) is 18.2 Å². The van der Waals surface area contributed by atoms with Gasteiger partial charge in [0, 0.05) is 18.7 Å². The first kappa shape index (κ1) is 13.5. The monoisotopic (exact) mass is 281 g/mol. The van der Waals surface area contributed by atoms with E-state index in [9.17, 15) is 13.6 Å². The van der Waals surface area contributed by atoms with Crippen molar-refractivity contribution in [2.75, 3.05) is 13.1 Å². The number of hydrogen-bond donors (Lipinski definition) is 0. The van der Waals surface area contributed by atoms with Crippen LogP contribution in [0.25, 0.3) is 0 Å². The van der Waals surface area contributed by atoms with Crippen LogP contribution in [0, 0.1) is 17.6 Å². The van der Waals surface area contributed by atoms with Crippen molar-refractivity contribution < 1.29 is 18.3 Å². The molecule has 2 saturated heterocycles. The van der Waals surface area contributed by atoms with E-state index < -0.39 is 11.6 Å². The molecule has 0 aromatic heterocycles. The average molecular weight is 281 g/mol. The number of nitrogens with zero attached hydrogens (tertiary/aromatic N) is 1. The van der Waals surface area contributed by atoms with Crippen LogP contribution in [-0.4, -0.2) is 36.1 Å². The van der Waals surface area contributed by atoms with E-state index in [1.807, 2.05) is 6.92 Å². The Hall–Kier alpha value is -1.49. The first-order valence-corrected chi connectivity index (χ1v) is 6.94. The van der Waals surface area contributed by atoms with Crippen molar-refractivity contribution in [2.45, 2.75) is 32.0 Å². The van der Waals surface area contributed by atoms with Gasteiger partial charge >= 0.3 is 0 Å². The Morgan fingerprint density at radius 2 is 2.15 bits per heavy atom. The van der Waals surface area contributed by atoms with E-state index >= 15 is 0 Å². The van der Waals surface area contributed by atoms with Crippen molar-refractivity contribution in [1.82, 2.24) is 4.90 Å². The fourth-order valence-corrected chi connectivity index (χ4v) is 3.17. The number of piperidine rings is 1. The van der Waals surface area contributed by atoms with Crippen LogP contribution in [0.4, 0.5) is 8.78 Å². The van der Waals surface area contributed by atoms with Crippen LogP contribution in [0.1, 0.15) is 30.1 Å². The van der Waals surface area contributed by atoms with Crippen molar-refractivity contribution in [3.8, 4) is 0 Å². The van der Waals surface area contributed by atoms with Crippen LogP contribution >= 0.6 is 0 Å². The third kappa shape index (κ3) is 2.42. The van der Waals surface area contributed by atoms with Crippen LogP contribution < -0.4 is 0 Å². The maximum atomic E-state index is 13.2. The molecule has 108 valence electrons. The molecule has 1 amide bonds. The maximum absolute atomic E-state index is 13.2. The van der Waals surface area contributed by atoms with Gasteiger partial charge in [0.05, 0.1) is 12.2 Å². The van der Waals surface area contributed by atoms with Crippen molar-refractivity contribution in [2.24, 2.45) is 5.92 Å². The topological polar surface area (TPSA) is 29.5 Å². The third-order valence-corrected chi connectivity index (χ3v) is 4.19. The van der Waals surface area contributed by atoms with Gasteiger partial charge in [-0.3, -0.25) is 4.79 Å². The smallest absolute Gasteiger partial charge is 0.254 e. The van der Waals surface area contributed by atoms with Gasteiger partial charge in [0.2, 0.25) is 0 Å². The molecule has 0 aliphatic carbocycles. The van der Waals surface area contributed by atoms with Crippen LogP contribution in [0.2, 0.25) is 0 Å². The van der Waals surface area contributed by atoms with Crippen LogP contribution in [0.3, 0.4) is 0 Å². The zero-order chi connectivity index (χ0) is 14.3. The van der Waals surface area contributed by atoms with Gasteiger partial charge in [0.25, 0.3) is 5.91 Å². The molecule has 0 spiro atoms. The average Bonchev–Trinajstić information content (AvgIpc) is 2.80. The van der Waals surface area contributed by atoms with Gasteiger partial charge in [-0.2, -0.15) is 0 Å². The van der Waals surface area contributed by atoms with Crippen molar-refractivity contribution in [1.29, 1.82) is 0 Å². The fourth-order valence-electron chi connectivity index (χ4n) is 3.17. The molecule has 0 unspecified atom stereocenters. The van der Waals surface area contributed by atoms with E-state index in [4.69, 9.17) is 4.74 Å². The summed E-state index contributed by atoms with van der Waals surface area (Å²) in [5, 5.41) is 0. The lowest BCUT2D eigenvalue weighted by molar-refractivity contribution is 0.00155. The Bertz CT molecular complexity index is 535. The summed E-state index contributed by atoms with van der Waals surface area (Å²) in [6.45, 7) is 3.22. The second kappa shape index (κ2) is 5.13. The highest BCUT2D eigenvalue weighted by molar-refractivity contribution is 5.94. The summed E-state index contributed by atoms with van der Waals surface area (Å²) in [6.07, 6.45) is 2.26. The zero-order valence-electron chi connectivity index (χ0n) is 11.3. The number of carbonyl (C=O) groups is 1. The van der Waals surface area contributed by atoms with E-state index in [2.05, 4.69) is 0 Å². The van der Waals surface area contributed by atoms with Crippen LogP contribution in [0.5, 0.6) is 0 Å². The highest BCUT2D eigenvalue weighted by atomic mass is 19.2. The van der Waals surface area contributed by atoms with Gasteiger partial charge in [-0.05, 0) is 43.9 Å². The summed E-state index contributed by atoms with van der Waals surface area (Å²) in [4.78, 5) is 14.0. The van der Waals surface area contributed by atoms with E-state index in [0.29, 0.717) is 19.0 Å². The molecule has 0 N–H and O–H groups in total. The number of hydrogen-bond acceptors (Lipinski definition) is 2. The minimum atomic E-state index is -0.989. The van der Waals surface area contributed by atoms with Gasteiger partial charge in [-0.1, -0.05) is 0 Å². The molecule has 2 aliphatic heterocycles. The van der Waals surface area contributed by atoms with E-state index in [-0.39, 0.29) is 23.7 Å². The van der Waals surface area contributed by atoms with Gasteiger partial charge < -0.3 is 9.64 Å². The molecule has 2 heterocycles. The molecule has 0 bridgehead atoms. The highest BCUT2D eigenvalue weighted by Gasteiger charge is 2.38. The molecule has 2 fully saturated rings. The number of rotatable bonds is 1. The number of benzene rings is 1. The van der Waals surface area contributed by atoms with E-state index in [1.54, 1.807) is 4.90 Å². The quantitative estimate of drug-likeness (QED) is 0.792. The summed E-state index contributed by atoms with van der Waals surface area (Å²) in [6, 6.07) is 3.27. The molecule has 20 heavy (non-hydrogen) atoms. The van der Waals surface area contributed by atoms with Gasteiger partial charge in [-0.25, -0.2) is 8.78 Å². The third-order valence-electron chi connectivity index (χ3n) is 4.19. The van der Waals surface area contributed by atoms with Crippen molar-refractivity contribution in [3.05, 3.63) is 35.4 Å². The minimum Gasteiger partial charge on any atom is -0.373 e. The van der Waals surface area contributed by atoms with Gasteiger partial charge in [0.1, 0.15) is 0 Å². The Kier molecular flexibility index (Phi) is 3.46. The van der Waals surface area contributed by atoms with Crippen molar-refractivity contribution >= 4 is 5.91 Å². The van der Waals surface area contributed by atoms with Gasteiger partial charge in [-0.15, -0.1) is 0 Å².